The molecule has 0 aliphatic carbocycles. The van der Waals surface area contributed by atoms with Crippen molar-refractivity contribution in [1.29, 1.82) is 0 Å². The minimum Gasteiger partial charge on any atom is -0.282 e. The van der Waals surface area contributed by atoms with Gasteiger partial charge >= 0.3 is 0 Å². The normalized spacial score (nSPS) is 12.8. The summed E-state index contributed by atoms with van der Waals surface area (Å²) < 4.78 is 59.6. The second kappa shape index (κ2) is 5.98. The van der Waals surface area contributed by atoms with E-state index in [0.717, 1.165) is 3.97 Å². The van der Waals surface area contributed by atoms with E-state index in [1.807, 2.05) is 0 Å². The molecule has 8 heteroatoms. The van der Waals surface area contributed by atoms with Gasteiger partial charge in [0.1, 0.15) is 0 Å². The molecule has 0 fully saturated rings. The minimum absolute atomic E-state index is 0.137. The molecular formula is C17H17NO5S2. The molecule has 6 nitrogen and oxygen atoms in total. The Hall–Kier alpha value is -2.16. The Labute approximate surface area is 146 Å². The van der Waals surface area contributed by atoms with Gasteiger partial charge in [-0.05, 0) is 41.8 Å². The zero-order chi connectivity index (χ0) is 18.4. The molecule has 0 aliphatic rings. The summed E-state index contributed by atoms with van der Waals surface area (Å²) in [6.07, 6.45) is 1.40. The number of aromatic nitrogens is 1. The Kier molecular flexibility index (Phi) is 4.22. The van der Waals surface area contributed by atoms with Crippen LogP contribution in [0, 0.1) is 0 Å². The van der Waals surface area contributed by atoms with Crippen molar-refractivity contribution in [2.24, 2.45) is 0 Å². The van der Waals surface area contributed by atoms with E-state index in [1.165, 1.54) is 30.5 Å². The molecule has 0 unspecified atom stereocenters. The van der Waals surface area contributed by atoms with Crippen LogP contribution in [0.3, 0.4) is 0 Å². The zero-order valence-electron chi connectivity index (χ0n) is 13.6. The van der Waals surface area contributed by atoms with Gasteiger partial charge in [-0.15, -0.1) is 0 Å². The summed E-state index contributed by atoms with van der Waals surface area (Å²) in [4.78, 5) is -0.0673. The van der Waals surface area contributed by atoms with E-state index in [4.69, 9.17) is 0 Å². The first-order valence-electron chi connectivity index (χ1n) is 7.56. The molecule has 0 atom stereocenters. The third kappa shape index (κ3) is 2.97. The molecule has 0 saturated heterocycles. The van der Waals surface area contributed by atoms with Crippen LogP contribution in [0.1, 0.15) is 25.3 Å². The van der Waals surface area contributed by atoms with Crippen molar-refractivity contribution in [3.63, 3.8) is 0 Å². The molecule has 25 heavy (non-hydrogen) atoms. The van der Waals surface area contributed by atoms with E-state index in [1.54, 1.807) is 38.1 Å². The molecule has 1 N–H and O–H groups in total. The van der Waals surface area contributed by atoms with Gasteiger partial charge in [0.05, 0.1) is 15.3 Å². The first-order valence-corrected chi connectivity index (χ1v) is 10.4. The summed E-state index contributed by atoms with van der Waals surface area (Å²) in [5.74, 6) is -0.226. The smallest absolute Gasteiger partial charge is 0.282 e. The van der Waals surface area contributed by atoms with Crippen LogP contribution in [-0.4, -0.2) is 25.4 Å². The van der Waals surface area contributed by atoms with E-state index in [2.05, 4.69) is 0 Å². The fraction of sp³-hybridized carbons (Fsp3) is 0.176. The first-order chi connectivity index (χ1) is 11.6. The Bertz CT molecular complexity index is 1140. The average molecular weight is 379 g/mol. The lowest BCUT2D eigenvalue weighted by molar-refractivity contribution is 0.481. The number of hydrogen-bond donors (Lipinski definition) is 1. The van der Waals surface area contributed by atoms with Gasteiger partial charge in [-0.3, -0.25) is 4.55 Å². The van der Waals surface area contributed by atoms with E-state index >= 15 is 0 Å². The zero-order valence-corrected chi connectivity index (χ0v) is 15.3. The van der Waals surface area contributed by atoms with Crippen molar-refractivity contribution in [2.45, 2.75) is 29.6 Å². The van der Waals surface area contributed by atoms with Crippen molar-refractivity contribution in [3.05, 3.63) is 60.3 Å². The van der Waals surface area contributed by atoms with E-state index in [0.29, 0.717) is 16.5 Å². The van der Waals surface area contributed by atoms with Crippen molar-refractivity contribution >= 4 is 31.0 Å². The maximum absolute atomic E-state index is 12.9. The maximum Gasteiger partial charge on any atom is 0.294 e. The van der Waals surface area contributed by atoms with Gasteiger partial charge in [-0.25, -0.2) is 12.4 Å². The van der Waals surface area contributed by atoms with Crippen LogP contribution in [0.4, 0.5) is 0 Å². The summed E-state index contributed by atoms with van der Waals surface area (Å²) in [6, 6.07) is 12.2. The Morgan fingerprint density at radius 3 is 2.12 bits per heavy atom. The lowest BCUT2D eigenvalue weighted by Gasteiger charge is -2.13. The monoisotopic (exact) mass is 379 g/mol. The first kappa shape index (κ1) is 17.7. The van der Waals surface area contributed by atoms with Gasteiger partial charge in [-0.2, -0.15) is 8.42 Å². The predicted octanol–water partition coefficient (Wildman–Crippen LogP) is 3.25. The Morgan fingerprint density at radius 1 is 0.920 bits per heavy atom. The molecule has 3 aromatic rings. The lowest BCUT2D eigenvalue weighted by atomic mass is 9.99. The number of fused-ring (bicyclic) bond motifs is 1. The van der Waals surface area contributed by atoms with Gasteiger partial charge in [0.25, 0.3) is 20.1 Å². The summed E-state index contributed by atoms with van der Waals surface area (Å²) in [6.45, 7) is 3.57. The average Bonchev–Trinajstić information content (AvgIpc) is 2.98. The highest BCUT2D eigenvalue weighted by atomic mass is 32.2. The molecule has 0 spiro atoms. The molecule has 0 aliphatic heterocycles. The molecule has 2 aromatic carbocycles. The van der Waals surface area contributed by atoms with Crippen LogP contribution < -0.4 is 0 Å². The summed E-state index contributed by atoms with van der Waals surface area (Å²) in [5.41, 5.74) is 0.752. The minimum atomic E-state index is -4.41. The van der Waals surface area contributed by atoms with Gasteiger partial charge in [0.15, 0.2) is 0 Å². The highest BCUT2D eigenvalue weighted by Gasteiger charge is 2.24. The lowest BCUT2D eigenvalue weighted by Crippen LogP contribution is -2.12. The van der Waals surface area contributed by atoms with E-state index in [9.17, 15) is 21.4 Å². The molecule has 1 heterocycles. The van der Waals surface area contributed by atoms with Crippen LogP contribution in [0.2, 0.25) is 0 Å². The summed E-state index contributed by atoms with van der Waals surface area (Å²) in [7, 11) is -8.22. The molecule has 0 radical (unpaired) electrons. The molecule has 0 amide bonds. The fourth-order valence-corrected chi connectivity index (χ4v) is 5.16. The molecular weight excluding hydrogens is 362 g/mol. The van der Waals surface area contributed by atoms with Crippen LogP contribution in [0.25, 0.3) is 10.9 Å². The molecule has 0 saturated carbocycles. The molecule has 1 aromatic heterocycles. The predicted molar refractivity (Wildman–Crippen MR) is 94.9 cm³/mol. The van der Waals surface area contributed by atoms with Gasteiger partial charge in [0.2, 0.25) is 0 Å². The fourth-order valence-electron chi connectivity index (χ4n) is 2.93. The number of rotatable bonds is 4. The highest BCUT2D eigenvalue weighted by molar-refractivity contribution is 7.90. The third-order valence-electron chi connectivity index (χ3n) is 3.99. The second-order valence-electron chi connectivity index (χ2n) is 5.97. The van der Waals surface area contributed by atoms with Crippen LogP contribution in [-0.2, 0) is 20.1 Å². The van der Waals surface area contributed by atoms with Gasteiger partial charge < -0.3 is 0 Å². The Morgan fingerprint density at radius 2 is 1.56 bits per heavy atom. The molecule has 132 valence electrons. The van der Waals surface area contributed by atoms with Gasteiger partial charge in [-0.1, -0.05) is 32.0 Å². The molecule has 0 bridgehead atoms. The SMILES string of the molecule is CC(C)c1c(S(=O)(=O)O)ccc2c1ccn2S(=O)(=O)c1ccccc1. The van der Waals surface area contributed by atoms with Crippen LogP contribution in [0.15, 0.2) is 64.5 Å². The Balaban J connectivity index is 2.34. The number of nitrogens with zero attached hydrogens (tertiary/aromatic N) is 1. The number of hydrogen-bond acceptors (Lipinski definition) is 4. The largest absolute Gasteiger partial charge is 0.294 e. The quantitative estimate of drug-likeness (QED) is 0.702. The topological polar surface area (TPSA) is 93.4 Å². The van der Waals surface area contributed by atoms with Crippen molar-refractivity contribution < 1.29 is 21.4 Å². The van der Waals surface area contributed by atoms with E-state index < -0.39 is 20.1 Å². The van der Waals surface area contributed by atoms with Crippen molar-refractivity contribution in [1.82, 2.24) is 3.97 Å². The second-order valence-corrected chi connectivity index (χ2v) is 9.17. The summed E-state index contributed by atoms with van der Waals surface area (Å²) in [5, 5.41) is 0.477. The summed E-state index contributed by atoms with van der Waals surface area (Å²) >= 11 is 0. The number of benzene rings is 2. The highest BCUT2D eigenvalue weighted by Crippen LogP contribution is 2.33. The van der Waals surface area contributed by atoms with Crippen molar-refractivity contribution in [2.75, 3.05) is 0 Å². The van der Waals surface area contributed by atoms with Gasteiger partial charge in [0, 0.05) is 11.6 Å². The van der Waals surface area contributed by atoms with Crippen LogP contribution in [0.5, 0.6) is 0 Å². The maximum atomic E-state index is 12.9. The standard InChI is InChI=1S/C17H17NO5S2/c1-12(2)17-14-10-11-18(15(14)8-9-16(17)25(21,22)23)24(19,20)13-6-4-3-5-7-13/h3-12H,1-2H3,(H,21,22,23). The van der Waals surface area contributed by atoms with E-state index in [-0.39, 0.29) is 15.7 Å². The third-order valence-corrected chi connectivity index (χ3v) is 6.61. The van der Waals surface area contributed by atoms with Crippen LogP contribution >= 0.6 is 0 Å². The molecule has 3 rings (SSSR count). The van der Waals surface area contributed by atoms with Crippen molar-refractivity contribution in [3.8, 4) is 0 Å².